The number of aromatic nitrogens is 2. The van der Waals surface area contributed by atoms with E-state index >= 15 is 0 Å². The van der Waals surface area contributed by atoms with Crippen LogP contribution in [0.4, 0.5) is 5.69 Å². The standard InChI is InChI=1S/C13H10BrN3/c14-8-1-2-10-11(7-17-12(10)5-8)13-6-9(15)3-4-16-13/h1-7,17H,(H2,15,16). The topological polar surface area (TPSA) is 54.7 Å². The number of pyridine rings is 1. The third-order valence-electron chi connectivity index (χ3n) is 2.70. The molecule has 0 atom stereocenters. The monoisotopic (exact) mass is 287 g/mol. The van der Waals surface area contributed by atoms with Crippen molar-refractivity contribution < 1.29 is 0 Å². The molecule has 0 spiro atoms. The van der Waals surface area contributed by atoms with Gasteiger partial charge < -0.3 is 10.7 Å². The van der Waals surface area contributed by atoms with Gasteiger partial charge in [-0.1, -0.05) is 22.0 Å². The number of hydrogen-bond donors (Lipinski definition) is 2. The van der Waals surface area contributed by atoms with Crippen molar-refractivity contribution in [1.29, 1.82) is 0 Å². The quantitative estimate of drug-likeness (QED) is 0.719. The number of nitrogens with two attached hydrogens (primary N) is 1. The number of anilines is 1. The lowest BCUT2D eigenvalue weighted by Crippen LogP contribution is -1.87. The third kappa shape index (κ3) is 1.80. The van der Waals surface area contributed by atoms with E-state index in [1.165, 1.54) is 0 Å². The first kappa shape index (κ1) is 10.4. The van der Waals surface area contributed by atoms with Crippen LogP contribution in [0.1, 0.15) is 0 Å². The van der Waals surface area contributed by atoms with Gasteiger partial charge in [-0.15, -0.1) is 0 Å². The van der Waals surface area contributed by atoms with E-state index in [4.69, 9.17) is 5.73 Å². The van der Waals surface area contributed by atoms with Crippen molar-refractivity contribution in [3.8, 4) is 11.3 Å². The lowest BCUT2D eigenvalue weighted by molar-refractivity contribution is 1.33. The van der Waals surface area contributed by atoms with Gasteiger partial charge in [0.1, 0.15) is 0 Å². The van der Waals surface area contributed by atoms with Gasteiger partial charge in [0, 0.05) is 39.0 Å². The van der Waals surface area contributed by atoms with Gasteiger partial charge in [-0.2, -0.15) is 0 Å². The second-order valence-corrected chi connectivity index (χ2v) is 4.78. The van der Waals surface area contributed by atoms with Crippen LogP contribution < -0.4 is 5.73 Å². The first-order valence-electron chi connectivity index (χ1n) is 5.22. The maximum Gasteiger partial charge on any atom is 0.0743 e. The van der Waals surface area contributed by atoms with E-state index < -0.39 is 0 Å². The van der Waals surface area contributed by atoms with Gasteiger partial charge in [-0.25, -0.2) is 0 Å². The average molecular weight is 288 g/mol. The van der Waals surface area contributed by atoms with Gasteiger partial charge >= 0.3 is 0 Å². The summed E-state index contributed by atoms with van der Waals surface area (Å²) in [5.41, 5.74) is 9.54. The Morgan fingerprint density at radius 2 is 2.06 bits per heavy atom. The summed E-state index contributed by atoms with van der Waals surface area (Å²) >= 11 is 3.45. The molecule has 3 rings (SSSR count). The molecule has 2 heterocycles. The smallest absolute Gasteiger partial charge is 0.0743 e. The zero-order chi connectivity index (χ0) is 11.8. The summed E-state index contributed by atoms with van der Waals surface area (Å²) in [6.45, 7) is 0. The highest BCUT2D eigenvalue weighted by Crippen LogP contribution is 2.29. The minimum Gasteiger partial charge on any atom is -0.399 e. The van der Waals surface area contributed by atoms with E-state index in [2.05, 4.69) is 32.0 Å². The molecule has 0 aliphatic heterocycles. The molecule has 3 aromatic rings. The number of nitrogens with zero attached hydrogens (tertiary/aromatic N) is 1. The Bertz CT molecular complexity index is 688. The number of halogens is 1. The Balaban J connectivity index is 2.24. The van der Waals surface area contributed by atoms with Crippen molar-refractivity contribution in [2.45, 2.75) is 0 Å². The Kier molecular flexibility index (Phi) is 2.37. The summed E-state index contributed by atoms with van der Waals surface area (Å²) in [6.07, 6.45) is 3.68. The molecule has 0 radical (unpaired) electrons. The summed E-state index contributed by atoms with van der Waals surface area (Å²) in [5.74, 6) is 0. The second-order valence-electron chi connectivity index (χ2n) is 3.87. The van der Waals surface area contributed by atoms with E-state index in [9.17, 15) is 0 Å². The Morgan fingerprint density at radius 1 is 1.18 bits per heavy atom. The van der Waals surface area contributed by atoms with Gasteiger partial charge in [-0.05, 0) is 24.3 Å². The predicted octanol–water partition coefficient (Wildman–Crippen LogP) is 3.57. The summed E-state index contributed by atoms with van der Waals surface area (Å²) in [5, 5.41) is 1.14. The number of aromatic amines is 1. The van der Waals surface area contributed by atoms with Crippen LogP contribution in [0, 0.1) is 0 Å². The van der Waals surface area contributed by atoms with Gasteiger partial charge in [0.2, 0.25) is 0 Å². The van der Waals surface area contributed by atoms with Crippen LogP contribution in [0.5, 0.6) is 0 Å². The van der Waals surface area contributed by atoms with Crippen molar-refractivity contribution in [3.63, 3.8) is 0 Å². The number of fused-ring (bicyclic) bond motifs is 1. The van der Waals surface area contributed by atoms with Crippen molar-refractivity contribution in [1.82, 2.24) is 9.97 Å². The zero-order valence-corrected chi connectivity index (χ0v) is 10.5. The molecule has 0 aliphatic rings. The molecular formula is C13H10BrN3. The lowest BCUT2D eigenvalue weighted by Gasteiger charge is -2.00. The van der Waals surface area contributed by atoms with Crippen LogP contribution in [0.25, 0.3) is 22.2 Å². The number of H-pyrrole nitrogens is 1. The maximum atomic E-state index is 5.78. The fourth-order valence-corrected chi connectivity index (χ4v) is 2.27. The van der Waals surface area contributed by atoms with Gasteiger partial charge in [0.15, 0.2) is 0 Å². The summed E-state index contributed by atoms with van der Waals surface area (Å²) in [6, 6.07) is 9.80. The number of benzene rings is 1. The summed E-state index contributed by atoms with van der Waals surface area (Å²) in [4.78, 5) is 7.58. The molecule has 84 valence electrons. The van der Waals surface area contributed by atoms with Gasteiger partial charge in [-0.3, -0.25) is 4.98 Å². The van der Waals surface area contributed by atoms with Crippen LogP contribution in [0.2, 0.25) is 0 Å². The zero-order valence-electron chi connectivity index (χ0n) is 8.94. The molecule has 0 saturated carbocycles. The molecule has 0 amide bonds. The largest absolute Gasteiger partial charge is 0.399 e. The van der Waals surface area contributed by atoms with Crippen LogP contribution in [0.15, 0.2) is 47.2 Å². The van der Waals surface area contributed by atoms with Crippen molar-refractivity contribution in [3.05, 3.63) is 47.2 Å². The van der Waals surface area contributed by atoms with Crippen molar-refractivity contribution in [2.24, 2.45) is 0 Å². The minimum atomic E-state index is 0.724. The molecule has 17 heavy (non-hydrogen) atoms. The Morgan fingerprint density at radius 3 is 2.88 bits per heavy atom. The van der Waals surface area contributed by atoms with E-state index in [0.717, 1.165) is 32.3 Å². The lowest BCUT2D eigenvalue weighted by atomic mass is 10.1. The SMILES string of the molecule is Nc1ccnc(-c2c[nH]c3cc(Br)ccc23)c1. The molecule has 3 nitrogen and oxygen atoms in total. The fraction of sp³-hybridized carbons (Fsp3) is 0. The molecule has 3 N–H and O–H groups in total. The Hall–Kier alpha value is -1.81. The van der Waals surface area contributed by atoms with E-state index in [-0.39, 0.29) is 0 Å². The first-order chi connectivity index (χ1) is 8.24. The van der Waals surface area contributed by atoms with Crippen LogP contribution in [0.3, 0.4) is 0 Å². The summed E-state index contributed by atoms with van der Waals surface area (Å²) < 4.78 is 1.05. The van der Waals surface area contributed by atoms with E-state index in [0.29, 0.717) is 0 Å². The van der Waals surface area contributed by atoms with Crippen molar-refractivity contribution >= 4 is 32.5 Å². The highest BCUT2D eigenvalue weighted by molar-refractivity contribution is 9.10. The normalized spacial score (nSPS) is 10.9. The average Bonchev–Trinajstić information content (AvgIpc) is 2.71. The number of hydrogen-bond acceptors (Lipinski definition) is 2. The van der Waals surface area contributed by atoms with E-state index in [1.54, 1.807) is 12.3 Å². The minimum absolute atomic E-state index is 0.724. The molecule has 0 aliphatic carbocycles. The highest BCUT2D eigenvalue weighted by Gasteiger charge is 2.07. The predicted molar refractivity (Wildman–Crippen MR) is 73.6 cm³/mol. The fourth-order valence-electron chi connectivity index (χ4n) is 1.90. The molecule has 2 aromatic heterocycles. The van der Waals surface area contributed by atoms with Gasteiger partial charge in [0.05, 0.1) is 5.69 Å². The second kappa shape index (κ2) is 3.89. The Labute approximate surface area is 107 Å². The molecule has 0 bridgehead atoms. The third-order valence-corrected chi connectivity index (χ3v) is 3.20. The number of rotatable bonds is 1. The van der Waals surface area contributed by atoms with E-state index in [1.807, 2.05) is 24.4 Å². The number of nitrogens with one attached hydrogen (secondary N) is 1. The summed E-state index contributed by atoms with van der Waals surface area (Å²) in [7, 11) is 0. The molecule has 1 aromatic carbocycles. The van der Waals surface area contributed by atoms with Crippen LogP contribution >= 0.6 is 15.9 Å². The highest BCUT2D eigenvalue weighted by atomic mass is 79.9. The van der Waals surface area contributed by atoms with Gasteiger partial charge in [0.25, 0.3) is 0 Å². The number of nitrogen functional groups attached to an aromatic ring is 1. The molecule has 4 heteroatoms. The molecule has 0 saturated heterocycles. The van der Waals surface area contributed by atoms with Crippen molar-refractivity contribution in [2.75, 3.05) is 5.73 Å². The van der Waals surface area contributed by atoms with Crippen LogP contribution in [-0.4, -0.2) is 9.97 Å². The maximum absolute atomic E-state index is 5.78. The molecule has 0 unspecified atom stereocenters. The van der Waals surface area contributed by atoms with Crippen LogP contribution in [-0.2, 0) is 0 Å². The molecular weight excluding hydrogens is 278 g/mol. The first-order valence-corrected chi connectivity index (χ1v) is 6.02. The molecule has 0 fully saturated rings.